The quantitative estimate of drug-likeness (QED) is 0.0197. The number of phosphoric ester groups is 1. The van der Waals surface area contributed by atoms with E-state index in [0.29, 0.717) is 19.3 Å². The van der Waals surface area contributed by atoms with E-state index in [4.69, 9.17) is 23.3 Å². The van der Waals surface area contributed by atoms with E-state index in [1.807, 2.05) is 0 Å². The van der Waals surface area contributed by atoms with Gasteiger partial charge in [-0.15, -0.1) is 0 Å². The zero-order valence-corrected chi connectivity index (χ0v) is 49.5. The summed E-state index contributed by atoms with van der Waals surface area (Å²) in [5.74, 6) is -1.56. The van der Waals surface area contributed by atoms with Gasteiger partial charge < -0.3 is 24.2 Å². The van der Waals surface area contributed by atoms with E-state index < -0.39 is 57.8 Å². The van der Waals surface area contributed by atoms with Crippen molar-refractivity contribution >= 4 is 25.7 Å². The third-order valence-electron chi connectivity index (χ3n) is 11.7. The maximum atomic E-state index is 12.9. The summed E-state index contributed by atoms with van der Waals surface area (Å²) in [7, 11) is -4.78. The standard InChI is InChI=1S/C66H105O11P/c1-4-7-10-13-16-19-22-25-28-31-34-37-40-43-46-49-52-55-64(68)73-59-63(77-66(70)57-54-51-48-45-42-39-36-33-30-27-24-21-18-15-12-9-6-3)61-75-78(71,72)74-60-62(58-67)76-65(69)56-53-50-47-44-41-38-35-32-29-26-23-20-17-14-11-8-5-2/h7-12,16-21,25-30,34-39,62-63,67H,4-6,13-15,22-24,31-33,40-61H2,1-3H3,(H,71,72)/b10-7-,11-8-,12-9-,19-16-,20-17-,21-18-,28-25-,29-26-,30-27-,37-34-,38-35-,39-36-. The molecular formula is C66H105O11P. The third kappa shape index (κ3) is 56.1. The van der Waals surface area contributed by atoms with E-state index in [1.54, 1.807) is 0 Å². The molecule has 0 radical (unpaired) electrons. The Labute approximate surface area is 473 Å². The summed E-state index contributed by atoms with van der Waals surface area (Å²) in [6.07, 6.45) is 75.1. The maximum absolute atomic E-state index is 12.9. The SMILES string of the molecule is CC/C=C\C/C=C\C/C=C\C/C=C\CCCCCCC(=O)OCC(COP(=O)(O)OCC(CO)OC(=O)CCCCCC/C=C\C/C=C\C/C=C\C/C=C\CC)OC(=O)CCCCCC/C=C\C/C=C\C/C=C\C/C=C\CC. The second-order valence-corrected chi connectivity index (χ2v) is 20.5. The normalized spacial score (nSPS) is 14.4. The Morgan fingerprint density at radius 3 is 0.949 bits per heavy atom. The Morgan fingerprint density at radius 2 is 0.628 bits per heavy atom. The van der Waals surface area contributed by atoms with Crippen molar-refractivity contribution in [1.82, 2.24) is 0 Å². The van der Waals surface area contributed by atoms with Crippen molar-refractivity contribution in [3.05, 3.63) is 146 Å². The Balaban J connectivity index is 4.84. The molecule has 12 heteroatoms. The Kier molecular flexibility index (Phi) is 55.0. The van der Waals surface area contributed by atoms with Crippen LogP contribution in [0.5, 0.6) is 0 Å². The van der Waals surface area contributed by atoms with Gasteiger partial charge in [-0.3, -0.25) is 23.4 Å². The molecule has 3 atom stereocenters. The highest BCUT2D eigenvalue weighted by molar-refractivity contribution is 7.47. The van der Waals surface area contributed by atoms with Crippen LogP contribution in [0.25, 0.3) is 0 Å². The van der Waals surface area contributed by atoms with Crippen molar-refractivity contribution < 1.29 is 52.2 Å². The van der Waals surface area contributed by atoms with E-state index in [1.165, 1.54) is 0 Å². The van der Waals surface area contributed by atoms with Gasteiger partial charge in [-0.1, -0.05) is 205 Å². The lowest BCUT2D eigenvalue weighted by Crippen LogP contribution is -2.30. The predicted octanol–water partition coefficient (Wildman–Crippen LogP) is 17.9. The van der Waals surface area contributed by atoms with Gasteiger partial charge in [0.15, 0.2) is 6.10 Å². The van der Waals surface area contributed by atoms with Crippen molar-refractivity contribution in [2.24, 2.45) is 0 Å². The third-order valence-corrected chi connectivity index (χ3v) is 12.7. The fraction of sp³-hybridized carbons (Fsp3) is 0.591. The summed E-state index contributed by atoms with van der Waals surface area (Å²) in [6, 6.07) is 0. The number of allylic oxidation sites excluding steroid dienone is 24. The molecule has 3 unspecified atom stereocenters. The second kappa shape index (κ2) is 58.5. The van der Waals surface area contributed by atoms with E-state index >= 15 is 0 Å². The number of esters is 3. The lowest BCUT2D eigenvalue weighted by atomic mass is 10.1. The van der Waals surface area contributed by atoms with Crippen LogP contribution in [-0.2, 0) is 42.2 Å². The molecule has 2 N–H and O–H groups in total. The fourth-order valence-electron chi connectivity index (χ4n) is 7.33. The molecule has 0 aliphatic heterocycles. The number of unbranched alkanes of at least 4 members (excludes halogenated alkanes) is 12. The second-order valence-electron chi connectivity index (χ2n) is 19.0. The molecule has 0 aromatic rings. The Bertz CT molecular complexity index is 1860. The Morgan fingerprint density at radius 1 is 0.359 bits per heavy atom. The number of carbonyl (C=O) groups excluding carboxylic acids is 3. The molecule has 0 saturated carbocycles. The van der Waals surface area contributed by atoms with Crippen LogP contribution in [0.15, 0.2) is 146 Å². The minimum atomic E-state index is -4.78. The van der Waals surface area contributed by atoms with E-state index in [0.717, 1.165) is 154 Å². The summed E-state index contributed by atoms with van der Waals surface area (Å²) >= 11 is 0. The van der Waals surface area contributed by atoms with Crippen molar-refractivity contribution in [2.45, 2.75) is 226 Å². The number of carbonyl (C=O) groups is 3. The molecule has 0 fully saturated rings. The van der Waals surface area contributed by atoms with Crippen molar-refractivity contribution in [3.8, 4) is 0 Å². The first-order valence-corrected chi connectivity index (χ1v) is 31.2. The first-order valence-electron chi connectivity index (χ1n) is 29.7. The number of phosphoric acid groups is 1. The monoisotopic (exact) mass is 1100 g/mol. The largest absolute Gasteiger partial charge is 0.472 e. The summed E-state index contributed by atoms with van der Waals surface area (Å²) in [4.78, 5) is 48.6. The molecular weight excluding hydrogens is 1000 g/mol. The first-order chi connectivity index (χ1) is 38.2. The number of ether oxygens (including phenoxy) is 3. The molecule has 0 saturated heterocycles. The highest BCUT2D eigenvalue weighted by atomic mass is 31.2. The van der Waals surface area contributed by atoms with Crippen molar-refractivity contribution in [3.63, 3.8) is 0 Å². The smallest absolute Gasteiger partial charge is 0.462 e. The van der Waals surface area contributed by atoms with Crippen LogP contribution in [-0.4, -0.2) is 66.5 Å². The molecule has 0 aromatic heterocycles. The van der Waals surface area contributed by atoms with Gasteiger partial charge in [0.2, 0.25) is 0 Å². The van der Waals surface area contributed by atoms with Crippen LogP contribution in [0.3, 0.4) is 0 Å². The molecule has 11 nitrogen and oxygen atoms in total. The molecule has 0 rings (SSSR count). The molecule has 0 aliphatic carbocycles. The molecule has 0 aliphatic rings. The number of aliphatic hydroxyl groups is 1. The minimum absolute atomic E-state index is 0.123. The zero-order chi connectivity index (χ0) is 56.9. The fourth-order valence-corrected chi connectivity index (χ4v) is 8.11. The molecule has 440 valence electrons. The molecule has 0 bridgehead atoms. The van der Waals surface area contributed by atoms with Gasteiger partial charge in [-0.25, -0.2) is 4.57 Å². The minimum Gasteiger partial charge on any atom is -0.462 e. The molecule has 0 heterocycles. The topological polar surface area (TPSA) is 155 Å². The van der Waals surface area contributed by atoms with Gasteiger partial charge in [0.05, 0.1) is 19.8 Å². The average Bonchev–Trinajstić information content (AvgIpc) is 3.43. The number of aliphatic hydroxyl groups excluding tert-OH is 1. The zero-order valence-electron chi connectivity index (χ0n) is 48.6. The van der Waals surface area contributed by atoms with Crippen LogP contribution >= 0.6 is 7.82 Å². The maximum Gasteiger partial charge on any atom is 0.472 e. The van der Waals surface area contributed by atoms with Crippen LogP contribution in [0.1, 0.15) is 213 Å². The van der Waals surface area contributed by atoms with Gasteiger partial charge in [-0.05, 0) is 135 Å². The van der Waals surface area contributed by atoms with Crippen LogP contribution in [0, 0.1) is 0 Å². The van der Waals surface area contributed by atoms with Crippen molar-refractivity contribution in [2.75, 3.05) is 26.4 Å². The highest BCUT2D eigenvalue weighted by Crippen LogP contribution is 2.43. The van der Waals surface area contributed by atoms with E-state index in [-0.39, 0.29) is 25.9 Å². The van der Waals surface area contributed by atoms with Gasteiger partial charge >= 0.3 is 25.7 Å². The van der Waals surface area contributed by atoms with Gasteiger partial charge in [0.1, 0.15) is 12.7 Å². The number of rotatable bonds is 53. The lowest BCUT2D eigenvalue weighted by Gasteiger charge is -2.21. The summed E-state index contributed by atoms with van der Waals surface area (Å²) in [6.45, 7) is 4.20. The molecule has 0 spiro atoms. The van der Waals surface area contributed by atoms with E-state index in [2.05, 4.69) is 167 Å². The van der Waals surface area contributed by atoms with Gasteiger partial charge in [0, 0.05) is 19.3 Å². The molecule has 78 heavy (non-hydrogen) atoms. The number of hydrogen-bond acceptors (Lipinski definition) is 10. The van der Waals surface area contributed by atoms with Crippen LogP contribution < -0.4 is 0 Å². The molecule has 0 amide bonds. The van der Waals surface area contributed by atoms with Crippen LogP contribution in [0.4, 0.5) is 0 Å². The summed E-state index contributed by atoms with van der Waals surface area (Å²) in [5.41, 5.74) is 0. The lowest BCUT2D eigenvalue weighted by molar-refractivity contribution is -0.161. The first kappa shape index (κ1) is 73.4. The summed E-state index contributed by atoms with van der Waals surface area (Å²) in [5, 5.41) is 9.83. The predicted molar refractivity (Wildman–Crippen MR) is 325 cm³/mol. The van der Waals surface area contributed by atoms with E-state index in [9.17, 15) is 28.9 Å². The Hall–Kier alpha value is -4.64. The van der Waals surface area contributed by atoms with Gasteiger partial charge in [-0.2, -0.15) is 0 Å². The van der Waals surface area contributed by atoms with Gasteiger partial charge in [0.25, 0.3) is 0 Å². The average molecular weight is 1110 g/mol. The van der Waals surface area contributed by atoms with Crippen LogP contribution in [0.2, 0.25) is 0 Å². The number of hydrogen-bond donors (Lipinski definition) is 2. The highest BCUT2D eigenvalue weighted by Gasteiger charge is 2.28. The molecule has 0 aromatic carbocycles. The summed E-state index contributed by atoms with van der Waals surface area (Å²) < 4.78 is 39.5. The van der Waals surface area contributed by atoms with Crippen molar-refractivity contribution in [1.29, 1.82) is 0 Å².